The van der Waals surface area contributed by atoms with Crippen LogP contribution >= 0.6 is 0 Å². The summed E-state index contributed by atoms with van der Waals surface area (Å²) in [6.45, 7) is 6.86. The zero-order valence-electron chi connectivity index (χ0n) is 12.2. The molecule has 0 aromatic heterocycles. The normalized spacial score (nSPS) is 13.8. The van der Waals surface area contributed by atoms with E-state index in [1.165, 1.54) is 6.07 Å². The number of phenols is 1. The molecule has 0 saturated heterocycles. The molecule has 0 saturated carbocycles. The van der Waals surface area contributed by atoms with Crippen LogP contribution in [0.25, 0.3) is 0 Å². The number of aryl methyl sites for hydroxylation is 1. The summed E-state index contributed by atoms with van der Waals surface area (Å²) in [5.74, 6) is -1.34. The Hall–Kier alpha value is -2.04. The van der Waals surface area contributed by atoms with Crippen molar-refractivity contribution in [3.8, 4) is 5.75 Å². The predicted octanol–water partition coefficient (Wildman–Crippen LogP) is 2.78. The summed E-state index contributed by atoms with van der Waals surface area (Å²) in [4.78, 5) is 23.3. The minimum atomic E-state index is -1.10. The Bertz CT molecular complexity index is 525. The van der Waals surface area contributed by atoms with Gasteiger partial charge in [-0.2, -0.15) is 0 Å². The van der Waals surface area contributed by atoms with Gasteiger partial charge in [0, 0.05) is 12.1 Å². The fraction of sp³-hybridized carbons (Fsp3) is 0.467. The Kier molecular flexibility index (Phi) is 4.76. The van der Waals surface area contributed by atoms with Crippen LogP contribution in [0.4, 0.5) is 5.69 Å². The van der Waals surface area contributed by atoms with Crippen molar-refractivity contribution in [2.24, 2.45) is 11.3 Å². The third-order valence-corrected chi connectivity index (χ3v) is 3.77. The van der Waals surface area contributed by atoms with Crippen LogP contribution < -0.4 is 5.32 Å². The highest BCUT2D eigenvalue weighted by Crippen LogP contribution is 2.32. The standard InChI is InChI=1S/C15H21NO4/c1-9(2)15(4,14(19)20)8-13(18)16-11-5-6-12(17)10(3)7-11/h5-7,9,17H,8H2,1-4H3,(H,16,18)(H,19,20). The largest absolute Gasteiger partial charge is 0.508 e. The van der Waals surface area contributed by atoms with Crippen molar-refractivity contribution in [2.75, 3.05) is 5.32 Å². The number of carboxylic acids is 1. The Labute approximate surface area is 118 Å². The maximum atomic E-state index is 12.0. The Morgan fingerprint density at radius 1 is 1.35 bits per heavy atom. The molecule has 20 heavy (non-hydrogen) atoms. The molecule has 0 radical (unpaired) electrons. The van der Waals surface area contributed by atoms with E-state index in [0.29, 0.717) is 11.3 Å². The van der Waals surface area contributed by atoms with Crippen LogP contribution in [0.3, 0.4) is 0 Å². The van der Waals surface area contributed by atoms with Crippen LogP contribution in [-0.4, -0.2) is 22.1 Å². The van der Waals surface area contributed by atoms with Gasteiger partial charge in [-0.3, -0.25) is 9.59 Å². The van der Waals surface area contributed by atoms with Crippen molar-refractivity contribution in [2.45, 2.75) is 34.1 Å². The van der Waals surface area contributed by atoms with E-state index < -0.39 is 11.4 Å². The van der Waals surface area contributed by atoms with Crippen LogP contribution in [0.5, 0.6) is 5.75 Å². The number of carbonyl (C=O) groups excluding carboxylic acids is 1. The van der Waals surface area contributed by atoms with Crippen LogP contribution in [0.2, 0.25) is 0 Å². The smallest absolute Gasteiger partial charge is 0.310 e. The van der Waals surface area contributed by atoms with Gasteiger partial charge in [-0.15, -0.1) is 0 Å². The predicted molar refractivity (Wildman–Crippen MR) is 76.7 cm³/mol. The molecule has 0 bridgehead atoms. The molecule has 1 aromatic carbocycles. The number of phenolic OH excluding ortho intramolecular Hbond substituents is 1. The lowest BCUT2D eigenvalue weighted by molar-refractivity contribution is -0.153. The van der Waals surface area contributed by atoms with Crippen molar-refractivity contribution < 1.29 is 19.8 Å². The van der Waals surface area contributed by atoms with Crippen LogP contribution in [-0.2, 0) is 9.59 Å². The van der Waals surface area contributed by atoms with Crippen LogP contribution in [0, 0.1) is 18.3 Å². The number of aromatic hydroxyl groups is 1. The highest BCUT2D eigenvalue weighted by atomic mass is 16.4. The summed E-state index contributed by atoms with van der Waals surface area (Å²) in [6, 6.07) is 4.71. The number of amides is 1. The summed E-state index contributed by atoms with van der Waals surface area (Å²) in [6.07, 6.45) is -0.0973. The molecule has 1 aromatic rings. The molecular formula is C15H21NO4. The minimum absolute atomic E-state index is 0.0973. The van der Waals surface area contributed by atoms with Gasteiger partial charge < -0.3 is 15.5 Å². The molecule has 0 spiro atoms. The highest BCUT2D eigenvalue weighted by molar-refractivity contribution is 5.94. The highest BCUT2D eigenvalue weighted by Gasteiger charge is 2.38. The average Bonchev–Trinajstić information content (AvgIpc) is 2.33. The Morgan fingerprint density at radius 2 is 1.95 bits per heavy atom. The number of aliphatic carboxylic acids is 1. The van der Waals surface area contributed by atoms with Gasteiger partial charge >= 0.3 is 5.97 Å². The van der Waals surface area contributed by atoms with Gasteiger partial charge in [0.05, 0.1) is 5.41 Å². The quantitative estimate of drug-likeness (QED) is 0.723. The number of rotatable bonds is 5. The Balaban J connectivity index is 2.81. The first kappa shape index (κ1) is 16.0. The van der Waals surface area contributed by atoms with E-state index in [4.69, 9.17) is 0 Å². The van der Waals surface area contributed by atoms with Crippen molar-refractivity contribution in [1.82, 2.24) is 0 Å². The second kappa shape index (κ2) is 5.94. The molecule has 1 rings (SSSR count). The zero-order chi connectivity index (χ0) is 15.5. The summed E-state index contributed by atoms with van der Waals surface area (Å²) < 4.78 is 0. The van der Waals surface area contributed by atoms with Gasteiger partial charge in [-0.25, -0.2) is 0 Å². The molecule has 5 heteroatoms. The molecule has 1 atom stereocenters. The molecule has 1 amide bonds. The number of benzene rings is 1. The van der Waals surface area contributed by atoms with E-state index in [1.54, 1.807) is 39.8 Å². The lowest BCUT2D eigenvalue weighted by atomic mass is 9.76. The maximum Gasteiger partial charge on any atom is 0.310 e. The van der Waals surface area contributed by atoms with Crippen molar-refractivity contribution in [3.05, 3.63) is 23.8 Å². The summed E-state index contributed by atoms with van der Waals surface area (Å²) >= 11 is 0. The second-order valence-corrected chi connectivity index (χ2v) is 5.60. The van der Waals surface area contributed by atoms with E-state index in [0.717, 1.165) is 0 Å². The molecule has 0 fully saturated rings. The molecule has 1 unspecified atom stereocenters. The lowest BCUT2D eigenvalue weighted by Crippen LogP contribution is -2.37. The third-order valence-electron chi connectivity index (χ3n) is 3.77. The van der Waals surface area contributed by atoms with Crippen LogP contribution in [0.15, 0.2) is 18.2 Å². The third kappa shape index (κ3) is 3.50. The van der Waals surface area contributed by atoms with Gasteiger partial charge in [0.25, 0.3) is 0 Å². The first-order valence-corrected chi connectivity index (χ1v) is 6.49. The average molecular weight is 279 g/mol. The number of hydrogen-bond donors (Lipinski definition) is 3. The summed E-state index contributed by atoms with van der Waals surface area (Å²) in [5, 5.41) is 21.4. The molecule has 5 nitrogen and oxygen atoms in total. The van der Waals surface area contributed by atoms with Gasteiger partial charge in [0.1, 0.15) is 5.75 Å². The zero-order valence-corrected chi connectivity index (χ0v) is 12.2. The summed E-state index contributed by atoms with van der Waals surface area (Å²) in [5.41, 5.74) is 0.0882. The van der Waals surface area contributed by atoms with E-state index in [2.05, 4.69) is 5.32 Å². The van der Waals surface area contributed by atoms with E-state index in [9.17, 15) is 19.8 Å². The number of carbonyl (C=O) groups is 2. The van der Waals surface area contributed by atoms with E-state index in [-0.39, 0.29) is 24.0 Å². The Morgan fingerprint density at radius 3 is 2.40 bits per heavy atom. The number of anilines is 1. The van der Waals surface area contributed by atoms with Crippen LogP contribution in [0.1, 0.15) is 32.8 Å². The maximum absolute atomic E-state index is 12.0. The SMILES string of the molecule is Cc1cc(NC(=O)CC(C)(C(=O)O)C(C)C)ccc1O. The fourth-order valence-corrected chi connectivity index (χ4v) is 1.80. The fourth-order valence-electron chi connectivity index (χ4n) is 1.80. The van der Waals surface area contributed by atoms with E-state index >= 15 is 0 Å². The minimum Gasteiger partial charge on any atom is -0.508 e. The number of nitrogens with one attached hydrogen (secondary N) is 1. The topological polar surface area (TPSA) is 86.6 Å². The molecule has 3 N–H and O–H groups in total. The molecule has 0 aliphatic rings. The van der Waals surface area contributed by atoms with E-state index in [1.807, 2.05) is 0 Å². The summed E-state index contributed by atoms with van der Waals surface area (Å²) in [7, 11) is 0. The molecule has 110 valence electrons. The molecule has 0 aliphatic carbocycles. The molecule has 0 heterocycles. The molecular weight excluding hydrogens is 258 g/mol. The molecule has 0 aliphatic heterocycles. The van der Waals surface area contributed by atoms with Crippen molar-refractivity contribution in [3.63, 3.8) is 0 Å². The van der Waals surface area contributed by atoms with Crippen molar-refractivity contribution in [1.29, 1.82) is 0 Å². The first-order chi connectivity index (χ1) is 9.16. The lowest BCUT2D eigenvalue weighted by Gasteiger charge is -2.28. The van der Waals surface area contributed by atoms with Gasteiger partial charge in [-0.1, -0.05) is 13.8 Å². The number of hydrogen-bond acceptors (Lipinski definition) is 3. The monoisotopic (exact) mass is 279 g/mol. The van der Waals surface area contributed by atoms with Crippen molar-refractivity contribution >= 4 is 17.6 Å². The van der Waals surface area contributed by atoms with Gasteiger partial charge in [0.2, 0.25) is 5.91 Å². The van der Waals surface area contributed by atoms with Gasteiger partial charge in [0.15, 0.2) is 0 Å². The first-order valence-electron chi connectivity index (χ1n) is 6.49. The number of carboxylic acid groups (broad SMARTS) is 1. The van der Waals surface area contributed by atoms with Gasteiger partial charge in [-0.05, 0) is 43.5 Å². The second-order valence-electron chi connectivity index (χ2n) is 5.60.